The first kappa shape index (κ1) is 34.5. The molecule has 2 heterocycles. The Labute approximate surface area is 285 Å². The van der Waals surface area contributed by atoms with Crippen molar-refractivity contribution in [2.75, 3.05) is 11.9 Å². The summed E-state index contributed by atoms with van der Waals surface area (Å²) in [4.78, 5) is 47.2. The summed E-state index contributed by atoms with van der Waals surface area (Å²) in [6, 6.07) is 23.0. The second kappa shape index (κ2) is 14.5. The molecule has 0 spiro atoms. The van der Waals surface area contributed by atoms with Crippen LogP contribution in [0.2, 0.25) is 5.02 Å². The van der Waals surface area contributed by atoms with E-state index in [0.29, 0.717) is 41.6 Å². The lowest BCUT2D eigenvalue weighted by atomic mass is 9.84. The highest BCUT2D eigenvalue weighted by atomic mass is 35.5. The fraction of sp³-hybridized carbons (Fsp3) is 0.378. The van der Waals surface area contributed by atoms with E-state index >= 15 is 0 Å². The zero-order valence-corrected chi connectivity index (χ0v) is 28.4. The van der Waals surface area contributed by atoms with Crippen LogP contribution in [0.4, 0.5) is 10.7 Å². The molecule has 1 aromatic heterocycles. The van der Waals surface area contributed by atoms with Gasteiger partial charge in [-0.05, 0) is 79.1 Å². The lowest BCUT2D eigenvalue weighted by Gasteiger charge is -2.41. The van der Waals surface area contributed by atoms with Gasteiger partial charge in [0.25, 0.3) is 5.91 Å². The van der Waals surface area contributed by atoms with Gasteiger partial charge in [-0.25, -0.2) is 9.78 Å². The maximum Gasteiger partial charge on any atom is 0.408 e. The molecule has 3 amide bonds. The van der Waals surface area contributed by atoms with E-state index in [4.69, 9.17) is 21.8 Å². The molecular formula is C37H41ClN6O4. The fourth-order valence-electron chi connectivity index (χ4n) is 6.34. The van der Waals surface area contributed by atoms with E-state index in [1.165, 1.54) is 4.90 Å². The Morgan fingerprint density at radius 3 is 2.46 bits per heavy atom. The molecule has 250 valence electrons. The molecule has 5 rings (SSSR count). The van der Waals surface area contributed by atoms with Crippen molar-refractivity contribution in [2.45, 2.75) is 78.0 Å². The van der Waals surface area contributed by atoms with Crippen LogP contribution in [0.25, 0.3) is 11.0 Å². The van der Waals surface area contributed by atoms with Crippen LogP contribution in [-0.2, 0) is 17.8 Å². The van der Waals surface area contributed by atoms with Gasteiger partial charge in [0.1, 0.15) is 6.42 Å². The second-order valence-corrected chi connectivity index (χ2v) is 13.8. The predicted molar refractivity (Wildman–Crippen MR) is 186 cm³/mol. The van der Waals surface area contributed by atoms with Crippen LogP contribution in [-0.4, -0.2) is 61.0 Å². The minimum absolute atomic E-state index is 0.185. The van der Waals surface area contributed by atoms with Crippen molar-refractivity contribution in [1.82, 2.24) is 19.4 Å². The monoisotopic (exact) mass is 668 g/mol. The van der Waals surface area contributed by atoms with E-state index in [2.05, 4.69) is 5.32 Å². The molecular weight excluding hydrogens is 628 g/mol. The molecule has 0 saturated carbocycles. The van der Waals surface area contributed by atoms with Crippen molar-refractivity contribution >= 4 is 46.5 Å². The first-order valence-corrected chi connectivity index (χ1v) is 16.5. The number of halogens is 1. The average Bonchev–Trinajstić information content (AvgIpc) is 3.65. The lowest BCUT2D eigenvalue weighted by molar-refractivity contribution is -0.131. The van der Waals surface area contributed by atoms with Crippen LogP contribution in [0.5, 0.6) is 0 Å². The van der Waals surface area contributed by atoms with E-state index in [0.717, 1.165) is 29.5 Å². The number of carbonyl (C=O) groups is 3. The number of anilines is 1. The molecule has 11 heteroatoms. The van der Waals surface area contributed by atoms with Crippen LogP contribution >= 0.6 is 11.6 Å². The number of hydrogen-bond acceptors (Lipinski definition) is 5. The molecule has 3 atom stereocenters. The topological polar surface area (TPSA) is 132 Å². The highest BCUT2D eigenvalue weighted by Crippen LogP contribution is 2.36. The number of hydrogen-bond donors (Lipinski definition) is 2. The molecule has 1 fully saturated rings. The van der Waals surface area contributed by atoms with Crippen LogP contribution in [0.1, 0.15) is 74.5 Å². The van der Waals surface area contributed by atoms with Gasteiger partial charge in [-0.3, -0.25) is 19.8 Å². The van der Waals surface area contributed by atoms with Crippen molar-refractivity contribution in [3.63, 3.8) is 0 Å². The Bertz CT molecular complexity index is 1830. The third-order valence-electron chi connectivity index (χ3n) is 9.31. The number of aromatic nitrogens is 2. The SMILES string of the molecule is CC(N(C(=O)O)C(Cc1ccccc1)c1ccc2c(c1)nc(NC(=O)c1ccc(Cl)cc1)n2CC1CCCN1C(=O)CC#N)C(C)(C)C. The van der Waals surface area contributed by atoms with Crippen LogP contribution in [0.15, 0.2) is 72.8 Å². The minimum Gasteiger partial charge on any atom is -0.465 e. The molecule has 1 aliphatic heterocycles. The maximum absolute atomic E-state index is 13.4. The Hall–Kier alpha value is -4.88. The summed E-state index contributed by atoms with van der Waals surface area (Å²) in [6.45, 7) is 8.94. The molecule has 48 heavy (non-hydrogen) atoms. The second-order valence-electron chi connectivity index (χ2n) is 13.4. The summed E-state index contributed by atoms with van der Waals surface area (Å²) in [5.74, 6) is -0.284. The number of nitriles is 1. The number of fused-ring (bicyclic) bond motifs is 1. The number of nitrogens with zero attached hydrogens (tertiary/aromatic N) is 5. The minimum atomic E-state index is -1.01. The largest absolute Gasteiger partial charge is 0.465 e. The van der Waals surface area contributed by atoms with Gasteiger partial charge in [-0.15, -0.1) is 0 Å². The summed E-state index contributed by atoms with van der Waals surface area (Å²) in [5.41, 5.74) is 3.17. The zero-order valence-electron chi connectivity index (χ0n) is 27.7. The van der Waals surface area contributed by atoms with Gasteiger partial charge in [0.15, 0.2) is 0 Å². The third-order valence-corrected chi connectivity index (χ3v) is 9.56. The van der Waals surface area contributed by atoms with Gasteiger partial charge in [-0.2, -0.15) is 5.26 Å². The number of nitrogens with one attached hydrogen (secondary N) is 1. The van der Waals surface area contributed by atoms with Gasteiger partial charge < -0.3 is 14.6 Å². The summed E-state index contributed by atoms with van der Waals surface area (Å²) in [5, 5.41) is 23.2. The number of carboxylic acid groups (broad SMARTS) is 1. The van der Waals surface area contributed by atoms with E-state index in [1.807, 2.05) is 86.9 Å². The molecule has 2 N–H and O–H groups in total. The molecule has 4 aromatic rings. The first-order valence-electron chi connectivity index (χ1n) is 16.2. The summed E-state index contributed by atoms with van der Waals surface area (Å²) in [6.07, 6.45) is 0.807. The van der Waals surface area contributed by atoms with Gasteiger partial charge in [0, 0.05) is 35.8 Å². The van der Waals surface area contributed by atoms with Gasteiger partial charge >= 0.3 is 6.09 Å². The van der Waals surface area contributed by atoms with Crippen molar-refractivity contribution in [1.29, 1.82) is 5.26 Å². The number of benzene rings is 3. The average molecular weight is 669 g/mol. The number of likely N-dealkylation sites (tertiary alicyclic amines) is 1. The smallest absolute Gasteiger partial charge is 0.408 e. The molecule has 3 unspecified atom stereocenters. The Kier molecular flexibility index (Phi) is 10.4. The van der Waals surface area contributed by atoms with Crippen LogP contribution in [0.3, 0.4) is 0 Å². The zero-order chi connectivity index (χ0) is 34.6. The number of rotatable bonds is 10. The van der Waals surface area contributed by atoms with Crippen molar-refractivity contribution in [3.8, 4) is 6.07 Å². The lowest BCUT2D eigenvalue weighted by Crippen LogP contribution is -2.47. The fourth-order valence-corrected chi connectivity index (χ4v) is 6.47. The Morgan fingerprint density at radius 1 is 1.10 bits per heavy atom. The summed E-state index contributed by atoms with van der Waals surface area (Å²) < 4.78 is 1.90. The molecule has 1 saturated heterocycles. The molecule has 0 radical (unpaired) electrons. The number of carbonyl (C=O) groups excluding carboxylic acids is 2. The van der Waals surface area contributed by atoms with Gasteiger partial charge in [0.2, 0.25) is 11.9 Å². The quantitative estimate of drug-likeness (QED) is 0.179. The first-order chi connectivity index (χ1) is 22.9. The highest BCUT2D eigenvalue weighted by molar-refractivity contribution is 6.30. The molecule has 0 bridgehead atoms. The number of amides is 3. The van der Waals surface area contributed by atoms with Gasteiger partial charge in [0.05, 0.1) is 23.1 Å². The van der Waals surface area contributed by atoms with E-state index in [1.54, 1.807) is 29.2 Å². The van der Waals surface area contributed by atoms with E-state index in [9.17, 15) is 19.5 Å². The van der Waals surface area contributed by atoms with E-state index in [-0.39, 0.29) is 35.7 Å². The van der Waals surface area contributed by atoms with Crippen molar-refractivity contribution in [3.05, 3.63) is 94.5 Å². The van der Waals surface area contributed by atoms with E-state index < -0.39 is 12.1 Å². The maximum atomic E-state index is 13.4. The van der Waals surface area contributed by atoms with Crippen molar-refractivity contribution < 1.29 is 19.5 Å². The van der Waals surface area contributed by atoms with Crippen LogP contribution in [0, 0.1) is 16.7 Å². The molecule has 10 nitrogen and oxygen atoms in total. The van der Waals surface area contributed by atoms with Crippen molar-refractivity contribution in [2.24, 2.45) is 5.41 Å². The normalized spacial score (nSPS) is 15.9. The summed E-state index contributed by atoms with van der Waals surface area (Å²) in [7, 11) is 0. The third kappa shape index (κ3) is 7.63. The Balaban J connectivity index is 1.60. The highest BCUT2D eigenvalue weighted by Gasteiger charge is 2.36. The molecule has 1 aliphatic rings. The standard InChI is InChI=1S/C37H41ClN6O4/c1-24(37(2,3)4)44(36(47)48)32(21-25-9-6-5-7-10-25)27-14-17-31-30(22-27)40-35(41-34(46)26-12-15-28(38)16-13-26)43(31)23-29-11-8-20-42(29)33(45)18-19-39/h5-7,9-10,12-17,22,24,29,32H,8,11,18,20-21,23H2,1-4H3,(H,47,48)(H,40,41,46). The van der Waals surface area contributed by atoms with Crippen LogP contribution < -0.4 is 5.32 Å². The van der Waals surface area contributed by atoms with Gasteiger partial charge in [-0.1, -0.05) is 68.8 Å². The Morgan fingerprint density at radius 2 is 1.81 bits per heavy atom. The summed E-state index contributed by atoms with van der Waals surface area (Å²) >= 11 is 6.05. The predicted octanol–water partition coefficient (Wildman–Crippen LogP) is 7.55. The molecule has 3 aromatic carbocycles. The number of imidazole rings is 1. The molecule has 0 aliphatic carbocycles.